The van der Waals surface area contributed by atoms with Crippen LogP contribution in [0.25, 0.3) is 0 Å². The number of nitrogens with zero attached hydrogens (tertiary/aromatic N) is 1. The molecular weight excluding hydrogens is 378 g/mol. The largest absolute Gasteiger partial charge is 0.454 e. The summed E-state index contributed by atoms with van der Waals surface area (Å²) in [6, 6.07) is 17.6. The Morgan fingerprint density at radius 2 is 1.50 bits per heavy atom. The normalized spacial score (nSPS) is 13.1. The van der Waals surface area contributed by atoms with Gasteiger partial charge in [0.05, 0.1) is 5.56 Å². The van der Waals surface area contributed by atoms with Gasteiger partial charge in [0.25, 0.3) is 0 Å². The predicted molar refractivity (Wildman–Crippen MR) is 113 cm³/mol. The molecule has 1 heterocycles. The van der Waals surface area contributed by atoms with E-state index in [0.717, 1.165) is 24.2 Å². The van der Waals surface area contributed by atoms with Crippen LogP contribution >= 0.6 is 0 Å². The maximum absolute atomic E-state index is 12.6. The lowest BCUT2D eigenvalue weighted by Crippen LogP contribution is -2.15. The van der Waals surface area contributed by atoms with Crippen molar-refractivity contribution in [3.8, 4) is 0 Å². The van der Waals surface area contributed by atoms with Crippen molar-refractivity contribution in [1.29, 1.82) is 0 Å². The van der Waals surface area contributed by atoms with Gasteiger partial charge in [-0.1, -0.05) is 42.5 Å². The summed E-state index contributed by atoms with van der Waals surface area (Å²) in [5.41, 5.74) is 3.97. The quantitative estimate of drug-likeness (QED) is 0.425. The van der Waals surface area contributed by atoms with Gasteiger partial charge in [0.15, 0.2) is 12.4 Å². The number of benzene rings is 2. The lowest BCUT2D eigenvalue weighted by molar-refractivity contribution is 0.0474. The van der Waals surface area contributed by atoms with Crippen LogP contribution in [0.1, 0.15) is 66.9 Å². The molecule has 2 aromatic carbocycles. The van der Waals surface area contributed by atoms with Crippen molar-refractivity contribution in [2.24, 2.45) is 0 Å². The highest BCUT2D eigenvalue weighted by Crippen LogP contribution is 2.38. The van der Waals surface area contributed by atoms with E-state index >= 15 is 0 Å². The number of aryl methyl sites for hydroxylation is 1. The van der Waals surface area contributed by atoms with E-state index in [2.05, 4.69) is 4.57 Å². The van der Waals surface area contributed by atoms with Crippen LogP contribution in [-0.4, -0.2) is 28.7 Å². The van der Waals surface area contributed by atoms with Crippen LogP contribution in [0.5, 0.6) is 0 Å². The lowest BCUT2D eigenvalue weighted by Gasteiger charge is -2.08. The molecule has 0 bridgehead atoms. The van der Waals surface area contributed by atoms with E-state index in [1.165, 1.54) is 0 Å². The molecule has 0 saturated heterocycles. The summed E-state index contributed by atoms with van der Waals surface area (Å²) in [5.74, 6) is -0.908. The molecule has 30 heavy (non-hydrogen) atoms. The summed E-state index contributed by atoms with van der Waals surface area (Å²) in [6.45, 7) is 3.62. The van der Waals surface area contributed by atoms with Crippen LogP contribution in [0.15, 0.2) is 60.7 Å². The van der Waals surface area contributed by atoms with Gasteiger partial charge in [-0.25, -0.2) is 4.79 Å². The van der Waals surface area contributed by atoms with Crippen molar-refractivity contribution < 1.29 is 19.1 Å². The average molecular weight is 401 g/mol. The number of ether oxygens (including phenoxy) is 1. The van der Waals surface area contributed by atoms with Crippen LogP contribution in [0, 0.1) is 13.8 Å². The van der Waals surface area contributed by atoms with E-state index in [0.29, 0.717) is 28.3 Å². The fourth-order valence-corrected chi connectivity index (χ4v) is 3.76. The van der Waals surface area contributed by atoms with E-state index in [1.54, 1.807) is 48.5 Å². The minimum atomic E-state index is -0.585. The number of carbonyl (C=O) groups excluding carboxylic acids is 3. The summed E-state index contributed by atoms with van der Waals surface area (Å²) < 4.78 is 7.42. The molecule has 0 amide bonds. The van der Waals surface area contributed by atoms with E-state index in [-0.39, 0.29) is 18.2 Å². The molecule has 4 rings (SSSR count). The zero-order valence-corrected chi connectivity index (χ0v) is 17.1. The van der Waals surface area contributed by atoms with Gasteiger partial charge in [0.2, 0.25) is 5.78 Å². The Bertz CT molecular complexity index is 1110. The van der Waals surface area contributed by atoms with Crippen LogP contribution in [0.4, 0.5) is 0 Å². The molecule has 1 saturated carbocycles. The lowest BCUT2D eigenvalue weighted by atomic mass is 10.0. The Hall–Kier alpha value is -3.47. The summed E-state index contributed by atoms with van der Waals surface area (Å²) >= 11 is 0. The third-order valence-corrected chi connectivity index (χ3v) is 5.45. The minimum absolute atomic E-state index is 0.114. The first kappa shape index (κ1) is 19.8. The van der Waals surface area contributed by atoms with E-state index in [4.69, 9.17) is 4.74 Å². The summed E-state index contributed by atoms with van der Waals surface area (Å²) in [6.07, 6.45) is 2.28. The maximum atomic E-state index is 12.6. The molecule has 0 unspecified atom stereocenters. The van der Waals surface area contributed by atoms with Gasteiger partial charge in [-0.15, -0.1) is 0 Å². The number of aromatic nitrogens is 1. The van der Waals surface area contributed by atoms with Gasteiger partial charge in [0, 0.05) is 34.1 Å². The minimum Gasteiger partial charge on any atom is -0.454 e. The van der Waals surface area contributed by atoms with Crippen LogP contribution < -0.4 is 0 Å². The smallest absolute Gasteiger partial charge is 0.338 e. The maximum Gasteiger partial charge on any atom is 0.338 e. The number of hydrogen-bond donors (Lipinski definition) is 0. The molecule has 0 radical (unpaired) electrons. The van der Waals surface area contributed by atoms with Crippen molar-refractivity contribution in [3.05, 3.63) is 94.3 Å². The van der Waals surface area contributed by atoms with Gasteiger partial charge in [-0.05, 0) is 44.9 Å². The number of Topliss-reactive ketones (excluding diaryl/α,β-unsaturated/α-hetero) is 1. The third kappa shape index (κ3) is 3.96. The average Bonchev–Trinajstić information content (AvgIpc) is 3.56. The van der Waals surface area contributed by atoms with Crippen LogP contribution in [-0.2, 0) is 4.74 Å². The summed E-state index contributed by atoms with van der Waals surface area (Å²) in [7, 11) is 0. The SMILES string of the molecule is Cc1cc(C(=O)COC(=O)c2ccc(C(=O)c3ccccc3)cc2)c(C)n1C1CC1. The Morgan fingerprint density at radius 1 is 0.900 bits per heavy atom. The van der Waals surface area contributed by atoms with Crippen molar-refractivity contribution in [3.63, 3.8) is 0 Å². The van der Waals surface area contributed by atoms with Crippen molar-refractivity contribution in [2.75, 3.05) is 6.61 Å². The van der Waals surface area contributed by atoms with Gasteiger partial charge >= 0.3 is 5.97 Å². The van der Waals surface area contributed by atoms with E-state index < -0.39 is 5.97 Å². The first-order valence-corrected chi connectivity index (χ1v) is 10.0. The van der Waals surface area contributed by atoms with Gasteiger partial charge in [0.1, 0.15) is 0 Å². The number of ketones is 2. The fourth-order valence-electron chi connectivity index (χ4n) is 3.76. The molecule has 1 fully saturated rings. The number of esters is 1. The monoisotopic (exact) mass is 401 g/mol. The fraction of sp³-hybridized carbons (Fsp3) is 0.240. The number of rotatable bonds is 7. The second-order valence-electron chi connectivity index (χ2n) is 7.66. The van der Waals surface area contributed by atoms with Crippen molar-refractivity contribution in [1.82, 2.24) is 4.57 Å². The van der Waals surface area contributed by atoms with Gasteiger partial charge < -0.3 is 9.30 Å². The second kappa shape index (κ2) is 8.11. The topological polar surface area (TPSA) is 65.4 Å². The number of carbonyl (C=O) groups is 3. The zero-order valence-electron chi connectivity index (χ0n) is 17.1. The molecular formula is C25H23NO4. The first-order chi connectivity index (χ1) is 14.5. The molecule has 1 aliphatic rings. The number of hydrogen-bond acceptors (Lipinski definition) is 4. The summed E-state index contributed by atoms with van der Waals surface area (Å²) in [4.78, 5) is 37.4. The Balaban J connectivity index is 1.39. The van der Waals surface area contributed by atoms with E-state index in [1.807, 2.05) is 26.0 Å². The zero-order chi connectivity index (χ0) is 21.3. The molecule has 0 atom stereocenters. The molecule has 5 heteroatoms. The molecule has 3 aromatic rings. The molecule has 1 aromatic heterocycles. The Kier molecular flexibility index (Phi) is 5.36. The van der Waals surface area contributed by atoms with Crippen molar-refractivity contribution >= 4 is 17.5 Å². The molecule has 0 aliphatic heterocycles. The highest BCUT2D eigenvalue weighted by atomic mass is 16.5. The predicted octanol–water partition coefficient (Wildman–Crippen LogP) is 4.71. The first-order valence-electron chi connectivity index (χ1n) is 10.0. The van der Waals surface area contributed by atoms with Gasteiger partial charge in [-0.3, -0.25) is 9.59 Å². The van der Waals surface area contributed by atoms with Gasteiger partial charge in [-0.2, -0.15) is 0 Å². The molecule has 0 N–H and O–H groups in total. The molecule has 152 valence electrons. The molecule has 0 spiro atoms. The highest BCUT2D eigenvalue weighted by molar-refractivity contribution is 6.09. The highest BCUT2D eigenvalue weighted by Gasteiger charge is 2.28. The van der Waals surface area contributed by atoms with Crippen molar-refractivity contribution in [2.45, 2.75) is 32.7 Å². The van der Waals surface area contributed by atoms with Crippen LogP contribution in [0.2, 0.25) is 0 Å². The molecule has 5 nitrogen and oxygen atoms in total. The van der Waals surface area contributed by atoms with E-state index in [9.17, 15) is 14.4 Å². The second-order valence-corrected chi connectivity index (χ2v) is 7.66. The molecule has 1 aliphatic carbocycles. The third-order valence-electron chi connectivity index (χ3n) is 5.45. The standard InChI is InChI=1S/C25H23NO4/c1-16-14-22(17(2)26(16)21-12-13-21)23(27)15-30-25(29)20-10-8-19(9-11-20)24(28)18-6-4-3-5-7-18/h3-11,14,21H,12-13,15H2,1-2H3. The van der Waals surface area contributed by atoms with Crippen LogP contribution in [0.3, 0.4) is 0 Å². The Labute approximate surface area is 175 Å². The Morgan fingerprint density at radius 3 is 2.13 bits per heavy atom. The summed E-state index contributed by atoms with van der Waals surface area (Å²) in [5, 5.41) is 0.